The van der Waals surface area contributed by atoms with E-state index < -0.39 is 0 Å². The zero-order valence-electron chi connectivity index (χ0n) is 10.3. The highest BCUT2D eigenvalue weighted by Crippen LogP contribution is 2.23. The average molecular weight is 422 g/mol. The molecule has 0 spiro atoms. The molecule has 0 bridgehead atoms. The molecule has 0 saturated carbocycles. The van der Waals surface area contributed by atoms with Crippen LogP contribution in [0.3, 0.4) is 0 Å². The van der Waals surface area contributed by atoms with Gasteiger partial charge in [-0.15, -0.1) is 22.9 Å². The molecule has 0 atom stereocenters. The Bertz CT molecular complexity index is 742. The average Bonchev–Trinajstić information content (AvgIpc) is 3.02. The van der Waals surface area contributed by atoms with Gasteiger partial charge in [-0.05, 0) is 28.7 Å². The molecule has 0 radical (unpaired) electrons. The van der Waals surface area contributed by atoms with Crippen LogP contribution in [-0.2, 0) is 13.0 Å². The number of alkyl halides is 1. The molecule has 0 aliphatic rings. The predicted octanol–water partition coefficient (Wildman–Crippen LogP) is 4.07. The van der Waals surface area contributed by atoms with Gasteiger partial charge in [0.05, 0.1) is 32.4 Å². The van der Waals surface area contributed by atoms with E-state index in [2.05, 4.69) is 9.97 Å². The van der Waals surface area contributed by atoms with E-state index in [0.717, 1.165) is 22.6 Å². The van der Waals surface area contributed by atoms with Gasteiger partial charge in [-0.3, -0.25) is 0 Å². The van der Waals surface area contributed by atoms with Crippen molar-refractivity contribution in [3.8, 4) is 0 Å². The third-order valence-corrected chi connectivity index (χ3v) is 4.64. The number of imidazole rings is 1. The van der Waals surface area contributed by atoms with Gasteiger partial charge >= 0.3 is 0 Å². The number of aryl methyl sites for hydroxylation is 1. The molecule has 0 amide bonds. The van der Waals surface area contributed by atoms with Crippen molar-refractivity contribution in [2.24, 2.45) is 0 Å². The predicted molar refractivity (Wildman–Crippen MR) is 88.0 cm³/mol. The van der Waals surface area contributed by atoms with Crippen LogP contribution in [0.1, 0.15) is 11.5 Å². The van der Waals surface area contributed by atoms with Gasteiger partial charge in [0.15, 0.2) is 0 Å². The van der Waals surface area contributed by atoms with Crippen LogP contribution >= 0.6 is 45.5 Å². The van der Waals surface area contributed by atoms with Gasteiger partial charge in [0, 0.05) is 23.7 Å². The number of fused-ring (bicyclic) bond motifs is 1. The number of rotatable bonds is 4. The minimum absolute atomic E-state index is 0.227. The van der Waals surface area contributed by atoms with E-state index in [1.165, 1.54) is 6.07 Å². The highest BCUT2D eigenvalue weighted by atomic mass is 127. The molecule has 0 fully saturated rings. The highest BCUT2D eigenvalue weighted by Gasteiger charge is 2.14. The largest absolute Gasteiger partial charge is 0.322 e. The SMILES string of the molecule is Fc1cc2c(cc1I)nc(CCCl)n2Cc1cscn1. The number of benzene rings is 1. The molecule has 104 valence electrons. The van der Waals surface area contributed by atoms with E-state index in [1.54, 1.807) is 22.9 Å². The fourth-order valence-corrected chi connectivity index (χ4v) is 3.27. The molecule has 20 heavy (non-hydrogen) atoms. The molecule has 3 aromatic rings. The minimum Gasteiger partial charge on any atom is -0.322 e. The summed E-state index contributed by atoms with van der Waals surface area (Å²) in [6.07, 6.45) is 0.651. The van der Waals surface area contributed by atoms with Crippen molar-refractivity contribution in [3.63, 3.8) is 0 Å². The van der Waals surface area contributed by atoms with Crippen molar-refractivity contribution >= 4 is 56.6 Å². The first-order valence-corrected chi connectivity index (χ1v) is 8.52. The summed E-state index contributed by atoms with van der Waals surface area (Å²) in [5.41, 5.74) is 4.32. The Morgan fingerprint density at radius 3 is 2.95 bits per heavy atom. The van der Waals surface area contributed by atoms with Crippen molar-refractivity contribution in [3.05, 3.63) is 43.9 Å². The number of halogens is 3. The summed E-state index contributed by atoms with van der Waals surface area (Å²) >= 11 is 9.36. The molecule has 3 rings (SSSR count). The van der Waals surface area contributed by atoms with Gasteiger partial charge in [-0.1, -0.05) is 0 Å². The summed E-state index contributed by atoms with van der Waals surface area (Å²) in [6, 6.07) is 3.30. The van der Waals surface area contributed by atoms with Crippen LogP contribution in [0, 0.1) is 9.39 Å². The van der Waals surface area contributed by atoms with E-state index >= 15 is 0 Å². The lowest BCUT2D eigenvalue weighted by Crippen LogP contribution is -2.06. The smallest absolute Gasteiger partial charge is 0.138 e. The van der Waals surface area contributed by atoms with E-state index in [1.807, 2.05) is 32.5 Å². The van der Waals surface area contributed by atoms with Crippen molar-refractivity contribution in [2.75, 3.05) is 5.88 Å². The zero-order valence-corrected chi connectivity index (χ0v) is 14.0. The molecular weight excluding hydrogens is 412 g/mol. The summed E-state index contributed by atoms with van der Waals surface area (Å²) in [7, 11) is 0. The van der Waals surface area contributed by atoms with E-state index in [4.69, 9.17) is 11.6 Å². The molecule has 0 saturated heterocycles. The Balaban J connectivity index is 2.15. The fraction of sp³-hybridized carbons (Fsp3) is 0.231. The van der Waals surface area contributed by atoms with Crippen LogP contribution in [0.5, 0.6) is 0 Å². The second-order valence-electron chi connectivity index (χ2n) is 4.29. The Hall–Kier alpha value is -0.730. The van der Waals surface area contributed by atoms with Crippen molar-refractivity contribution in [1.82, 2.24) is 14.5 Å². The molecule has 0 N–H and O–H groups in total. The van der Waals surface area contributed by atoms with Crippen LogP contribution < -0.4 is 0 Å². The first-order chi connectivity index (χ1) is 9.69. The summed E-state index contributed by atoms with van der Waals surface area (Å²) < 4.78 is 16.4. The summed E-state index contributed by atoms with van der Waals surface area (Å²) in [5.74, 6) is 1.12. The molecule has 7 heteroatoms. The van der Waals surface area contributed by atoms with E-state index in [-0.39, 0.29) is 5.82 Å². The quantitative estimate of drug-likeness (QED) is 0.470. The first-order valence-electron chi connectivity index (χ1n) is 5.96. The molecule has 0 aliphatic carbocycles. The number of hydrogen-bond acceptors (Lipinski definition) is 3. The fourth-order valence-electron chi connectivity index (χ4n) is 2.10. The molecular formula is C13H10ClFIN3S. The highest BCUT2D eigenvalue weighted by molar-refractivity contribution is 14.1. The number of hydrogen-bond donors (Lipinski definition) is 0. The lowest BCUT2D eigenvalue weighted by molar-refractivity contribution is 0.620. The monoisotopic (exact) mass is 421 g/mol. The summed E-state index contributed by atoms with van der Waals surface area (Å²) in [6.45, 7) is 0.590. The second-order valence-corrected chi connectivity index (χ2v) is 6.55. The van der Waals surface area contributed by atoms with E-state index in [9.17, 15) is 4.39 Å². The van der Waals surface area contributed by atoms with Gasteiger partial charge in [-0.2, -0.15) is 0 Å². The maximum atomic E-state index is 13.8. The lowest BCUT2D eigenvalue weighted by atomic mass is 10.3. The first kappa shape index (κ1) is 14.2. The van der Waals surface area contributed by atoms with Gasteiger partial charge in [-0.25, -0.2) is 14.4 Å². The summed E-state index contributed by atoms with van der Waals surface area (Å²) in [5, 5.41) is 1.99. The number of thiazole rings is 1. The maximum Gasteiger partial charge on any atom is 0.138 e. The van der Waals surface area contributed by atoms with Gasteiger partial charge in [0.2, 0.25) is 0 Å². The second kappa shape index (κ2) is 5.95. The van der Waals surface area contributed by atoms with Crippen LogP contribution in [0.2, 0.25) is 0 Å². The molecule has 2 heterocycles. The molecule has 3 nitrogen and oxygen atoms in total. The third kappa shape index (κ3) is 2.68. The van der Waals surface area contributed by atoms with Crippen LogP contribution in [-0.4, -0.2) is 20.4 Å². The Kier molecular flexibility index (Phi) is 4.23. The molecule has 1 aromatic carbocycles. The van der Waals surface area contributed by atoms with Crippen molar-refractivity contribution in [2.45, 2.75) is 13.0 Å². The topological polar surface area (TPSA) is 30.7 Å². The van der Waals surface area contributed by atoms with Crippen molar-refractivity contribution < 1.29 is 4.39 Å². The summed E-state index contributed by atoms with van der Waals surface area (Å²) in [4.78, 5) is 8.85. The normalized spacial score (nSPS) is 11.3. The van der Waals surface area contributed by atoms with Gasteiger partial charge in [0.25, 0.3) is 0 Å². The Morgan fingerprint density at radius 1 is 1.40 bits per heavy atom. The third-order valence-electron chi connectivity index (χ3n) is 2.99. The lowest BCUT2D eigenvalue weighted by Gasteiger charge is -2.06. The van der Waals surface area contributed by atoms with Crippen LogP contribution in [0.15, 0.2) is 23.0 Å². The maximum absolute atomic E-state index is 13.8. The zero-order chi connectivity index (χ0) is 14.1. The van der Waals surface area contributed by atoms with Gasteiger partial charge < -0.3 is 4.57 Å². The Morgan fingerprint density at radius 2 is 2.25 bits per heavy atom. The number of nitrogens with zero attached hydrogens (tertiary/aromatic N) is 3. The molecule has 0 unspecified atom stereocenters. The van der Waals surface area contributed by atoms with Crippen LogP contribution in [0.25, 0.3) is 11.0 Å². The van der Waals surface area contributed by atoms with Crippen molar-refractivity contribution in [1.29, 1.82) is 0 Å². The standard InChI is InChI=1S/C13H10ClFIN3S/c14-2-1-13-18-11-4-10(16)9(15)3-12(11)19(13)5-8-6-20-7-17-8/h3-4,6-7H,1-2,5H2. The van der Waals surface area contributed by atoms with E-state index in [0.29, 0.717) is 22.4 Å². The molecule has 2 aromatic heterocycles. The Labute approximate surface area is 137 Å². The van der Waals surface area contributed by atoms with Crippen LogP contribution in [0.4, 0.5) is 4.39 Å². The van der Waals surface area contributed by atoms with Gasteiger partial charge in [0.1, 0.15) is 11.6 Å². The molecule has 0 aliphatic heterocycles. The minimum atomic E-state index is -0.227. The number of aromatic nitrogens is 3.